The lowest BCUT2D eigenvalue weighted by molar-refractivity contribution is -0.168. The molecule has 1 saturated heterocycles. The summed E-state index contributed by atoms with van der Waals surface area (Å²) in [5.74, 6) is -17.3. The number of carbonyl (C=O) groups excluding carboxylic acids is 12. The standard InChI is InChI=1S/C73H87N19O16/c1-39-62(98)85-53(30-41-14-7-4-8-15-41)70(106)91-73(2,71(107)108)92(58(61(76)97)31-43-21-25-47(94)26-22-43)60(96)35-57(86-63(99)49(74)28-42-19-23-46(93)24-20-42)69(105)89-55(33-45-37-79-38-82-45)68(104)87-52(29-40-12-5-3-6-13-40)66(102)84-51(18-11-27-80-72(77)78)64(100)88-54(32-44-36-81-50-17-10-9-16-48(44)50)67(103)90-56(34-59(75)95)65(101)83-39/h3-10,12-17,19-26,36-39,49,51-58,81,93-94H,11,18,27-35,74H2,1-2H3,(H2,75,95)(H2,76,97)(H,79,82)(H,83,101)(H,84,102)(H,85,98)(H,86,99)(H,87,104)(H,88,100)(H,89,105)(H,90,103)(H,91,106)(H,107,108)(H4,77,78,80)/t39-,49-,51-,52+,53+,54-,55-,56-,57-,58-,73-/m0/s1. The summed E-state index contributed by atoms with van der Waals surface area (Å²) in [6.07, 6.45) is -0.930. The number of nitrogens with two attached hydrogens (primary N) is 5. The number of rotatable bonds is 23. The molecule has 24 N–H and O–H groups in total. The smallest absolute Gasteiger partial charge is 0.350 e. The Bertz CT molecular complexity index is 4410. The van der Waals surface area contributed by atoms with Crippen molar-refractivity contribution in [2.75, 3.05) is 6.54 Å². The highest BCUT2D eigenvalue weighted by molar-refractivity contribution is 6.02. The molecular weight excluding hydrogens is 1400 g/mol. The molecule has 1 fully saturated rings. The normalized spacial score (nSPS) is 21.8. The SMILES string of the molecule is C[C@@H]1NC(=O)[C@H](CC(N)=O)NC(=O)[C@H](Cc2c[nH]c3ccccc23)NC(=O)[C@H](CCCN=C(N)N)NC(=O)[C@@H](Cc2ccccc2)NC(=O)[C@H](Cc2c[nH]cn2)NC(=O)[C@@H](NC(=O)[C@@H](N)Cc2ccc(O)cc2)CC(=O)N([C@@H](Cc2ccc(O)cc2)C(N)=O)[C@@](C)(C(=O)O)NC(=O)[C@@H](Cc2ccccc2)NC1=O. The van der Waals surface area contributed by atoms with E-state index in [4.69, 9.17) is 28.7 Å². The van der Waals surface area contributed by atoms with Crippen LogP contribution in [0.25, 0.3) is 10.9 Å². The lowest BCUT2D eigenvalue weighted by Crippen LogP contribution is -2.72. The predicted octanol–water partition coefficient (Wildman–Crippen LogP) is -2.78. The number of phenolic OH excluding ortho intramolecular Hbond substituents is 2. The van der Waals surface area contributed by atoms with Gasteiger partial charge in [-0.25, -0.2) is 9.78 Å². The monoisotopic (exact) mass is 1490 g/mol. The van der Waals surface area contributed by atoms with Crippen LogP contribution in [0.4, 0.5) is 0 Å². The van der Waals surface area contributed by atoms with Gasteiger partial charge in [-0.05, 0) is 91.3 Å². The molecule has 5 aromatic carbocycles. The van der Waals surface area contributed by atoms with Crippen molar-refractivity contribution in [3.63, 3.8) is 0 Å². The maximum atomic E-state index is 15.9. The average molecular weight is 1490 g/mol. The van der Waals surface area contributed by atoms with Gasteiger partial charge in [0.1, 0.15) is 65.9 Å². The van der Waals surface area contributed by atoms with Crippen LogP contribution in [0, 0.1) is 0 Å². The zero-order valence-corrected chi connectivity index (χ0v) is 58.9. The van der Waals surface area contributed by atoms with Gasteiger partial charge >= 0.3 is 5.97 Å². The molecule has 35 heteroatoms. The van der Waals surface area contributed by atoms with Crippen molar-refractivity contribution in [3.05, 3.63) is 186 Å². The maximum Gasteiger partial charge on any atom is 0.350 e. The molecule has 11 atom stereocenters. The van der Waals surface area contributed by atoms with E-state index in [2.05, 4.69) is 67.8 Å². The summed E-state index contributed by atoms with van der Waals surface area (Å²) in [5.41, 5.74) is 28.9. The van der Waals surface area contributed by atoms with Gasteiger partial charge < -0.3 is 102 Å². The fourth-order valence-electron chi connectivity index (χ4n) is 12.1. The van der Waals surface area contributed by atoms with Gasteiger partial charge in [0.05, 0.1) is 30.9 Å². The Kier molecular flexibility index (Phi) is 27.9. The van der Waals surface area contributed by atoms with Gasteiger partial charge in [-0.3, -0.25) is 67.4 Å². The number of fused-ring (bicyclic) bond motifs is 1. The highest BCUT2D eigenvalue weighted by Gasteiger charge is 2.51. The minimum Gasteiger partial charge on any atom is -0.508 e. The van der Waals surface area contributed by atoms with Crippen LogP contribution in [0.15, 0.2) is 157 Å². The number of amides is 12. The number of aromatic hydroxyl groups is 2. The van der Waals surface area contributed by atoms with E-state index in [1.165, 1.54) is 73.2 Å². The molecule has 7 aromatic rings. The molecule has 35 nitrogen and oxygen atoms in total. The molecule has 2 aromatic heterocycles. The second-order valence-electron chi connectivity index (χ2n) is 26.1. The number of aliphatic carboxylic acids is 1. The Morgan fingerprint density at radius 3 is 1.64 bits per heavy atom. The van der Waals surface area contributed by atoms with Crippen molar-refractivity contribution >= 4 is 93.7 Å². The van der Waals surface area contributed by atoms with Crippen molar-refractivity contribution in [3.8, 4) is 11.5 Å². The van der Waals surface area contributed by atoms with E-state index >= 15 is 28.8 Å². The molecule has 0 bridgehead atoms. The van der Waals surface area contributed by atoms with Gasteiger partial charge in [0.25, 0.3) is 0 Å². The first-order chi connectivity index (χ1) is 51.4. The number of carboxylic acids is 1. The fraction of sp³-hybridized carbons (Fsp3) is 0.329. The lowest BCUT2D eigenvalue weighted by atomic mass is 9.97. The van der Waals surface area contributed by atoms with E-state index < -0.39 is 175 Å². The number of hydrogen-bond donors (Lipinski definition) is 19. The van der Waals surface area contributed by atoms with E-state index in [9.17, 15) is 48.9 Å². The Labute approximate surface area is 618 Å². The first-order valence-corrected chi connectivity index (χ1v) is 34.3. The number of primary amides is 2. The Morgan fingerprint density at radius 1 is 0.583 bits per heavy atom. The second-order valence-corrected chi connectivity index (χ2v) is 26.1. The third kappa shape index (κ3) is 22.6. The van der Waals surface area contributed by atoms with Gasteiger partial charge in [0.15, 0.2) is 5.96 Å². The summed E-state index contributed by atoms with van der Waals surface area (Å²) in [6, 6.07) is 15.2. The molecule has 570 valence electrons. The summed E-state index contributed by atoms with van der Waals surface area (Å²) in [5, 5.41) is 55.1. The number of carbonyl (C=O) groups is 13. The number of aromatic nitrogens is 3. The summed E-state index contributed by atoms with van der Waals surface area (Å²) >= 11 is 0. The fourth-order valence-corrected chi connectivity index (χ4v) is 12.1. The second kappa shape index (κ2) is 37.5. The van der Waals surface area contributed by atoms with E-state index in [-0.39, 0.29) is 67.4 Å². The molecule has 1 aliphatic heterocycles. The molecule has 3 heterocycles. The minimum atomic E-state index is -3.19. The number of guanidine groups is 1. The van der Waals surface area contributed by atoms with Crippen molar-refractivity contribution in [1.82, 2.24) is 67.7 Å². The number of phenols is 2. The molecule has 0 radical (unpaired) electrons. The Balaban J connectivity index is 1.30. The number of aromatic amines is 2. The van der Waals surface area contributed by atoms with Crippen LogP contribution in [0.3, 0.4) is 0 Å². The summed E-state index contributed by atoms with van der Waals surface area (Å²) in [6.45, 7) is 1.84. The zero-order valence-electron chi connectivity index (χ0n) is 58.9. The topological polar surface area (TPSA) is 581 Å². The molecule has 0 aliphatic carbocycles. The van der Waals surface area contributed by atoms with Crippen LogP contribution in [-0.4, -0.2) is 191 Å². The molecule has 0 unspecified atom stereocenters. The van der Waals surface area contributed by atoms with Crippen LogP contribution in [-0.2, 0) is 101 Å². The first-order valence-electron chi connectivity index (χ1n) is 34.3. The quantitative estimate of drug-likeness (QED) is 0.0175. The lowest BCUT2D eigenvalue weighted by Gasteiger charge is -2.43. The third-order valence-corrected chi connectivity index (χ3v) is 17.8. The van der Waals surface area contributed by atoms with Gasteiger partial charge in [-0.15, -0.1) is 0 Å². The van der Waals surface area contributed by atoms with Crippen molar-refractivity contribution in [1.29, 1.82) is 0 Å². The van der Waals surface area contributed by atoms with Gasteiger partial charge in [0, 0.05) is 61.9 Å². The number of para-hydroxylation sites is 1. The van der Waals surface area contributed by atoms with Crippen molar-refractivity contribution in [2.24, 2.45) is 33.7 Å². The van der Waals surface area contributed by atoms with Crippen molar-refractivity contribution < 1.29 is 77.6 Å². The maximum absolute atomic E-state index is 15.9. The van der Waals surface area contributed by atoms with Gasteiger partial charge in [-0.2, -0.15) is 0 Å². The van der Waals surface area contributed by atoms with E-state index in [0.717, 1.165) is 13.8 Å². The first kappa shape index (κ1) is 80.5. The average Bonchev–Trinajstić information content (AvgIpc) is 1.02. The highest BCUT2D eigenvalue weighted by atomic mass is 16.4. The molecule has 8 rings (SSSR count). The van der Waals surface area contributed by atoms with E-state index in [1.54, 1.807) is 79.0 Å². The number of H-pyrrole nitrogens is 2. The number of carboxylic acid groups (broad SMARTS) is 1. The van der Waals surface area contributed by atoms with Crippen LogP contribution >= 0.6 is 0 Å². The van der Waals surface area contributed by atoms with Crippen LogP contribution < -0.4 is 76.5 Å². The van der Waals surface area contributed by atoms with Crippen LogP contribution in [0.5, 0.6) is 11.5 Å². The van der Waals surface area contributed by atoms with Crippen molar-refractivity contribution in [2.45, 2.75) is 144 Å². The largest absolute Gasteiger partial charge is 0.508 e. The number of benzene rings is 5. The summed E-state index contributed by atoms with van der Waals surface area (Å²) < 4.78 is 0. The summed E-state index contributed by atoms with van der Waals surface area (Å²) in [7, 11) is 0. The van der Waals surface area contributed by atoms with Crippen LogP contribution in [0.1, 0.15) is 73.0 Å². The Hall–Kier alpha value is -13.2. The minimum absolute atomic E-state index is 0.00974. The number of aliphatic imine (C=N–C) groups is 1. The van der Waals surface area contributed by atoms with E-state index in [0.29, 0.717) is 38.1 Å². The molecular formula is C73H87N19O16. The Morgan fingerprint density at radius 2 is 1.08 bits per heavy atom. The third-order valence-electron chi connectivity index (χ3n) is 17.8. The molecule has 1 aliphatic rings. The number of hydrogen-bond acceptors (Lipinski definition) is 18. The predicted molar refractivity (Wildman–Crippen MR) is 390 cm³/mol. The van der Waals surface area contributed by atoms with Gasteiger partial charge in [0.2, 0.25) is 76.5 Å². The molecule has 0 spiro atoms. The summed E-state index contributed by atoms with van der Waals surface area (Å²) in [4.78, 5) is 207. The number of nitrogens with one attached hydrogen (secondary N) is 11. The molecule has 12 amide bonds. The molecule has 108 heavy (non-hydrogen) atoms. The number of imidazole rings is 1. The number of nitrogens with zero attached hydrogens (tertiary/aromatic N) is 3. The zero-order chi connectivity index (χ0) is 78.4. The van der Waals surface area contributed by atoms with Gasteiger partial charge in [-0.1, -0.05) is 103 Å². The van der Waals surface area contributed by atoms with Crippen LogP contribution in [0.2, 0.25) is 0 Å². The molecule has 0 saturated carbocycles. The highest BCUT2D eigenvalue weighted by Crippen LogP contribution is 2.26. The van der Waals surface area contributed by atoms with E-state index in [1.807, 2.05) is 0 Å².